The minimum absolute atomic E-state index is 0.580. The predicted molar refractivity (Wildman–Crippen MR) is 53.8 cm³/mol. The summed E-state index contributed by atoms with van der Waals surface area (Å²) in [6.07, 6.45) is 4.85. The fraction of sp³-hybridized carbons (Fsp3) is 0.727. The smallest absolute Gasteiger partial charge is 0.140 e. The van der Waals surface area contributed by atoms with Crippen LogP contribution in [0.25, 0.3) is 0 Å². The number of nitrogens with zero attached hydrogens (tertiary/aromatic N) is 1. The van der Waals surface area contributed by atoms with Crippen molar-refractivity contribution in [1.82, 2.24) is 5.16 Å². The molecule has 0 aliphatic heterocycles. The third-order valence-corrected chi connectivity index (χ3v) is 2.32. The van der Waals surface area contributed by atoms with Gasteiger partial charge in [-0.1, -0.05) is 31.8 Å². The fourth-order valence-corrected chi connectivity index (χ4v) is 1.70. The van der Waals surface area contributed by atoms with Gasteiger partial charge in [-0.2, -0.15) is 0 Å². The molecule has 13 heavy (non-hydrogen) atoms. The summed E-state index contributed by atoms with van der Waals surface area (Å²) in [6, 6.07) is 2.07. The van der Waals surface area contributed by atoms with Crippen LogP contribution < -0.4 is 0 Å². The first-order valence-electron chi connectivity index (χ1n) is 5.21. The molecule has 0 saturated heterocycles. The van der Waals surface area contributed by atoms with E-state index in [4.69, 9.17) is 4.52 Å². The Balaban J connectivity index is 2.63. The maximum atomic E-state index is 5.28. The van der Waals surface area contributed by atoms with Crippen molar-refractivity contribution in [2.45, 2.75) is 52.4 Å². The van der Waals surface area contributed by atoms with E-state index in [-0.39, 0.29) is 0 Å². The fourth-order valence-electron chi connectivity index (χ4n) is 1.70. The third-order valence-electron chi connectivity index (χ3n) is 2.32. The van der Waals surface area contributed by atoms with Crippen LogP contribution in [0.4, 0.5) is 0 Å². The van der Waals surface area contributed by atoms with Gasteiger partial charge in [0.15, 0.2) is 0 Å². The molecule has 0 saturated carbocycles. The Hall–Kier alpha value is -0.790. The molecule has 0 atom stereocenters. The van der Waals surface area contributed by atoms with Crippen LogP contribution >= 0.6 is 0 Å². The minimum Gasteiger partial charge on any atom is -0.361 e. The molecule has 1 aromatic heterocycles. The number of hydrogen-bond donors (Lipinski definition) is 0. The van der Waals surface area contributed by atoms with Gasteiger partial charge in [-0.15, -0.1) is 0 Å². The summed E-state index contributed by atoms with van der Waals surface area (Å²) in [5, 5.41) is 3.93. The average molecular weight is 181 g/mol. The average Bonchev–Trinajstić information content (AvgIpc) is 2.51. The van der Waals surface area contributed by atoms with E-state index in [1.165, 1.54) is 25.7 Å². The van der Waals surface area contributed by atoms with E-state index in [9.17, 15) is 0 Å². The van der Waals surface area contributed by atoms with Crippen molar-refractivity contribution < 1.29 is 4.52 Å². The predicted octanol–water partition coefficient (Wildman–Crippen LogP) is 3.67. The summed E-state index contributed by atoms with van der Waals surface area (Å²) in [6.45, 7) is 6.40. The Labute approximate surface area is 80.3 Å². The highest BCUT2D eigenvalue weighted by molar-refractivity contribution is 5.08. The van der Waals surface area contributed by atoms with Crippen molar-refractivity contribution in [3.63, 3.8) is 0 Å². The highest BCUT2D eigenvalue weighted by atomic mass is 16.5. The topological polar surface area (TPSA) is 26.0 Å². The Bertz CT molecular complexity index is 236. The lowest BCUT2D eigenvalue weighted by molar-refractivity contribution is 0.341. The molecule has 1 heterocycles. The second-order valence-electron chi connectivity index (χ2n) is 3.64. The SMILES string of the molecule is CCCC(CCC)c1cc(C)no1. The van der Waals surface area contributed by atoms with Crippen LogP contribution in [0, 0.1) is 6.92 Å². The lowest BCUT2D eigenvalue weighted by atomic mass is 9.95. The Morgan fingerprint density at radius 3 is 2.31 bits per heavy atom. The van der Waals surface area contributed by atoms with Crippen molar-refractivity contribution in [2.75, 3.05) is 0 Å². The number of hydrogen-bond acceptors (Lipinski definition) is 2. The Kier molecular flexibility index (Phi) is 4.00. The van der Waals surface area contributed by atoms with Gasteiger partial charge in [-0.3, -0.25) is 0 Å². The van der Waals surface area contributed by atoms with E-state index in [0.29, 0.717) is 5.92 Å². The second-order valence-corrected chi connectivity index (χ2v) is 3.64. The van der Waals surface area contributed by atoms with Crippen LogP contribution in [-0.4, -0.2) is 5.16 Å². The van der Waals surface area contributed by atoms with Gasteiger partial charge >= 0.3 is 0 Å². The van der Waals surface area contributed by atoms with E-state index < -0.39 is 0 Å². The van der Waals surface area contributed by atoms with Crippen LogP contribution in [0.2, 0.25) is 0 Å². The van der Waals surface area contributed by atoms with Crippen molar-refractivity contribution in [2.24, 2.45) is 0 Å². The normalized spacial score (nSPS) is 11.1. The molecular weight excluding hydrogens is 162 g/mol. The summed E-state index contributed by atoms with van der Waals surface area (Å²) >= 11 is 0. The minimum atomic E-state index is 0.580. The van der Waals surface area contributed by atoms with E-state index >= 15 is 0 Å². The lowest BCUT2D eigenvalue weighted by Gasteiger charge is -2.10. The maximum absolute atomic E-state index is 5.28. The van der Waals surface area contributed by atoms with Gasteiger partial charge in [-0.05, 0) is 19.8 Å². The first kappa shape index (κ1) is 10.3. The summed E-state index contributed by atoms with van der Waals surface area (Å²) in [5.74, 6) is 1.65. The summed E-state index contributed by atoms with van der Waals surface area (Å²) in [4.78, 5) is 0. The van der Waals surface area contributed by atoms with E-state index in [1.54, 1.807) is 0 Å². The van der Waals surface area contributed by atoms with Crippen molar-refractivity contribution in [3.05, 3.63) is 17.5 Å². The molecule has 0 radical (unpaired) electrons. The van der Waals surface area contributed by atoms with E-state index in [1.807, 2.05) is 6.92 Å². The molecule has 1 rings (SSSR count). The zero-order chi connectivity index (χ0) is 9.68. The molecule has 0 fully saturated rings. The Morgan fingerprint density at radius 1 is 1.31 bits per heavy atom. The largest absolute Gasteiger partial charge is 0.361 e. The molecule has 2 nitrogen and oxygen atoms in total. The monoisotopic (exact) mass is 181 g/mol. The van der Waals surface area contributed by atoms with Gasteiger partial charge in [0.05, 0.1) is 5.69 Å². The van der Waals surface area contributed by atoms with Crippen LogP contribution in [0.1, 0.15) is 56.9 Å². The summed E-state index contributed by atoms with van der Waals surface area (Å²) < 4.78 is 5.28. The van der Waals surface area contributed by atoms with Gasteiger partial charge in [0.25, 0.3) is 0 Å². The van der Waals surface area contributed by atoms with Gasteiger partial charge in [0.1, 0.15) is 5.76 Å². The number of aromatic nitrogens is 1. The first-order chi connectivity index (χ1) is 6.27. The molecule has 0 aromatic carbocycles. The molecular formula is C11H19NO. The molecule has 0 amide bonds. The lowest BCUT2D eigenvalue weighted by Crippen LogP contribution is -1.96. The van der Waals surface area contributed by atoms with Crippen LogP contribution in [0.15, 0.2) is 10.6 Å². The van der Waals surface area contributed by atoms with Gasteiger partial charge in [0.2, 0.25) is 0 Å². The third kappa shape index (κ3) is 2.87. The number of rotatable bonds is 5. The van der Waals surface area contributed by atoms with E-state index in [2.05, 4.69) is 25.1 Å². The molecule has 1 aromatic rings. The van der Waals surface area contributed by atoms with Crippen molar-refractivity contribution in [3.8, 4) is 0 Å². The summed E-state index contributed by atoms with van der Waals surface area (Å²) in [5.41, 5.74) is 0.993. The van der Waals surface area contributed by atoms with Crippen molar-refractivity contribution in [1.29, 1.82) is 0 Å². The first-order valence-corrected chi connectivity index (χ1v) is 5.21. The zero-order valence-electron chi connectivity index (χ0n) is 8.84. The highest BCUT2D eigenvalue weighted by Crippen LogP contribution is 2.26. The molecule has 0 bridgehead atoms. The number of aryl methyl sites for hydroxylation is 1. The molecule has 0 spiro atoms. The molecule has 0 aliphatic carbocycles. The molecule has 0 unspecified atom stereocenters. The van der Waals surface area contributed by atoms with Crippen LogP contribution in [-0.2, 0) is 0 Å². The van der Waals surface area contributed by atoms with Gasteiger partial charge < -0.3 is 4.52 Å². The second kappa shape index (κ2) is 5.05. The van der Waals surface area contributed by atoms with Gasteiger partial charge in [0, 0.05) is 12.0 Å². The molecule has 74 valence electrons. The molecule has 0 aliphatic rings. The maximum Gasteiger partial charge on any atom is 0.140 e. The van der Waals surface area contributed by atoms with Crippen LogP contribution in [0.5, 0.6) is 0 Å². The quantitative estimate of drug-likeness (QED) is 0.692. The Morgan fingerprint density at radius 2 is 1.92 bits per heavy atom. The molecule has 2 heteroatoms. The standard InChI is InChI=1S/C11H19NO/c1-4-6-10(7-5-2)11-8-9(3)12-13-11/h8,10H,4-7H2,1-3H3. The van der Waals surface area contributed by atoms with Crippen molar-refractivity contribution >= 4 is 0 Å². The highest BCUT2D eigenvalue weighted by Gasteiger charge is 2.13. The molecule has 0 N–H and O–H groups in total. The zero-order valence-corrected chi connectivity index (χ0v) is 8.84. The van der Waals surface area contributed by atoms with Gasteiger partial charge in [-0.25, -0.2) is 0 Å². The van der Waals surface area contributed by atoms with E-state index in [0.717, 1.165) is 11.5 Å². The summed E-state index contributed by atoms with van der Waals surface area (Å²) in [7, 11) is 0. The van der Waals surface area contributed by atoms with Crippen LogP contribution in [0.3, 0.4) is 0 Å².